The van der Waals surface area contributed by atoms with E-state index >= 15 is 0 Å². The SMILES string of the molecule is Cc1cc(Nc2ccccc2Nc2cc(C)c3cccc(C)c3n2)nc2c(C)cccc12. The Balaban J connectivity index is 1.52. The Morgan fingerprint density at radius 2 is 0.938 bits per heavy atom. The molecular formula is C28H26N4. The molecule has 32 heavy (non-hydrogen) atoms. The maximum atomic E-state index is 4.89. The van der Waals surface area contributed by atoms with Gasteiger partial charge in [-0.1, -0.05) is 48.5 Å². The van der Waals surface area contributed by atoms with E-state index in [0.29, 0.717) is 0 Å². The normalized spacial score (nSPS) is 11.1. The van der Waals surface area contributed by atoms with Crippen LogP contribution in [0.1, 0.15) is 22.3 Å². The van der Waals surface area contributed by atoms with Gasteiger partial charge in [0, 0.05) is 10.8 Å². The summed E-state index contributed by atoms with van der Waals surface area (Å²) >= 11 is 0. The number of hydrogen-bond acceptors (Lipinski definition) is 4. The first kappa shape index (κ1) is 20.0. The summed E-state index contributed by atoms with van der Waals surface area (Å²) in [5, 5.41) is 9.41. The number of aryl methyl sites for hydroxylation is 4. The van der Waals surface area contributed by atoms with Crippen LogP contribution in [0.5, 0.6) is 0 Å². The lowest BCUT2D eigenvalue weighted by molar-refractivity contribution is 1.30. The summed E-state index contributed by atoms with van der Waals surface area (Å²) in [6.45, 7) is 8.46. The number of fused-ring (bicyclic) bond motifs is 2. The molecule has 158 valence electrons. The number of nitrogens with one attached hydrogen (secondary N) is 2. The predicted octanol–water partition coefficient (Wildman–Crippen LogP) is 7.50. The predicted molar refractivity (Wildman–Crippen MR) is 135 cm³/mol. The van der Waals surface area contributed by atoms with Crippen LogP contribution in [0.2, 0.25) is 0 Å². The number of rotatable bonds is 4. The second-order valence-electron chi connectivity index (χ2n) is 8.39. The van der Waals surface area contributed by atoms with Gasteiger partial charge in [0.25, 0.3) is 0 Å². The number of nitrogens with zero attached hydrogens (tertiary/aromatic N) is 2. The van der Waals surface area contributed by atoms with Gasteiger partial charge in [-0.05, 0) is 74.2 Å². The Bertz CT molecular complexity index is 1360. The summed E-state index contributed by atoms with van der Waals surface area (Å²) < 4.78 is 0. The molecule has 0 bridgehead atoms. The highest BCUT2D eigenvalue weighted by Gasteiger charge is 2.10. The quantitative estimate of drug-likeness (QED) is 0.317. The highest BCUT2D eigenvalue weighted by Crippen LogP contribution is 2.31. The fourth-order valence-electron chi connectivity index (χ4n) is 4.23. The fourth-order valence-corrected chi connectivity index (χ4v) is 4.23. The minimum absolute atomic E-state index is 0.831. The number of pyridine rings is 2. The largest absolute Gasteiger partial charge is 0.339 e. The average Bonchev–Trinajstić information content (AvgIpc) is 2.77. The van der Waals surface area contributed by atoms with Gasteiger partial charge in [-0.3, -0.25) is 0 Å². The molecule has 0 aliphatic carbocycles. The number of para-hydroxylation sites is 4. The van der Waals surface area contributed by atoms with Gasteiger partial charge < -0.3 is 10.6 Å². The first-order valence-corrected chi connectivity index (χ1v) is 10.9. The average molecular weight is 419 g/mol. The van der Waals surface area contributed by atoms with E-state index in [-0.39, 0.29) is 0 Å². The smallest absolute Gasteiger partial charge is 0.131 e. The fraction of sp³-hybridized carbons (Fsp3) is 0.143. The molecule has 0 atom stereocenters. The van der Waals surface area contributed by atoms with Crippen molar-refractivity contribution in [3.8, 4) is 0 Å². The van der Waals surface area contributed by atoms with Gasteiger partial charge in [0.15, 0.2) is 0 Å². The van der Waals surface area contributed by atoms with Gasteiger partial charge in [-0.2, -0.15) is 0 Å². The van der Waals surface area contributed by atoms with Crippen molar-refractivity contribution in [1.29, 1.82) is 0 Å². The van der Waals surface area contributed by atoms with Crippen molar-refractivity contribution in [1.82, 2.24) is 9.97 Å². The Hall–Kier alpha value is -3.92. The summed E-state index contributed by atoms with van der Waals surface area (Å²) in [6, 6.07) is 25.0. The summed E-state index contributed by atoms with van der Waals surface area (Å²) in [4.78, 5) is 9.78. The first-order chi connectivity index (χ1) is 15.5. The molecule has 0 aliphatic heterocycles. The molecule has 5 rings (SSSR count). The molecule has 0 amide bonds. The molecule has 5 aromatic rings. The number of hydrogen-bond donors (Lipinski definition) is 2. The van der Waals surface area contributed by atoms with Gasteiger partial charge >= 0.3 is 0 Å². The Morgan fingerprint density at radius 1 is 0.500 bits per heavy atom. The molecule has 0 aliphatic rings. The summed E-state index contributed by atoms with van der Waals surface area (Å²) in [5.74, 6) is 1.66. The number of benzene rings is 3. The zero-order valence-electron chi connectivity index (χ0n) is 18.8. The van der Waals surface area contributed by atoms with E-state index in [1.54, 1.807) is 0 Å². The van der Waals surface area contributed by atoms with Crippen molar-refractivity contribution < 1.29 is 0 Å². The lowest BCUT2D eigenvalue weighted by atomic mass is 10.1. The van der Waals surface area contributed by atoms with E-state index in [0.717, 1.165) is 34.0 Å². The Morgan fingerprint density at radius 3 is 1.38 bits per heavy atom. The van der Waals surface area contributed by atoms with Gasteiger partial charge in [0.1, 0.15) is 11.6 Å². The lowest BCUT2D eigenvalue weighted by Gasteiger charge is -2.16. The third kappa shape index (κ3) is 3.65. The molecule has 0 spiro atoms. The van der Waals surface area contributed by atoms with E-state index in [9.17, 15) is 0 Å². The van der Waals surface area contributed by atoms with Gasteiger partial charge in [-0.15, -0.1) is 0 Å². The summed E-state index contributed by atoms with van der Waals surface area (Å²) in [5.41, 5.74) is 8.72. The van der Waals surface area contributed by atoms with Gasteiger partial charge in [0.05, 0.1) is 22.4 Å². The van der Waals surface area contributed by atoms with Crippen LogP contribution in [0.3, 0.4) is 0 Å². The molecule has 0 fully saturated rings. The molecule has 2 N–H and O–H groups in total. The molecule has 0 radical (unpaired) electrons. The third-order valence-electron chi connectivity index (χ3n) is 5.95. The minimum atomic E-state index is 0.831. The van der Waals surface area contributed by atoms with Crippen molar-refractivity contribution in [2.45, 2.75) is 27.7 Å². The minimum Gasteiger partial charge on any atom is -0.339 e. The Labute approximate surface area is 188 Å². The molecule has 0 saturated heterocycles. The van der Waals surface area contributed by atoms with Gasteiger partial charge in [0.2, 0.25) is 0 Å². The van der Waals surface area contributed by atoms with Crippen LogP contribution in [0.15, 0.2) is 72.8 Å². The highest BCUT2D eigenvalue weighted by atomic mass is 15.1. The van der Waals surface area contributed by atoms with Gasteiger partial charge in [-0.25, -0.2) is 9.97 Å². The second-order valence-corrected chi connectivity index (χ2v) is 8.39. The first-order valence-electron chi connectivity index (χ1n) is 10.9. The maximum Gasteiger partial charge on any atom is 0.131 e. The van der Waals surface area contributed by atoms with E-state index in [4.69, 9.17) is 9.97 Å². The third-order valence-corrected chi connectivity index (χ3v) is 5.95. The summed E-state index contributed by atoms with van der Waals surface area (Å²) in [7, 11) is 0. The van der Waals surface area contributed by atoms with E-state index in [1.165, 1.54) is 33.0 Å². The lowest BCUT2D eigenvalue weighted by Crippen LogP contribution is -2.02. The van der Waals surface area contributed by atoms with Crippen LogP contribution in [0.4, 0.5) is 23.0 Å². The van der Waals surface area contributed by atoms with Crippen LogP contribution < -0.4 is 10.6 Å². The molecule has 4 heteroatoms. The molecule has 2 aromatic heterocycles. The second kappa shape index (κ2) is 7.97. The van der Waals surface area contributed by atoms with Crippen molar-refractivity contribution in [2.75, 3.05) is 10.6 Å². The number of anilines is 4. The van der Waals surface area contributed by atoms with Crippen LogP contribution in [-0.2, 0) is 0 Å². The van der Waals surface area contributed by atoms with Crippen LogP contribution in [-0.4, -0.2) is 9.97 Å². The topological polar surface area (TPSA) is 49.8 Å². The molecule has 2 heterocycles. The van der Waals surface area contributed by atoms with Crippen molar-refractivity contribution in [3.05, 3.63) is 95.1 Å². The van der Waals surface area contributed by atoms with Crippen LogP contribution >= 0.6 is 0 Å². The molecule has 4 nitrogen and oxygen atoms in total. The van der Waals surface area contributed by atoms with Crippen molar-refractivity contribution in [2.24, 2.45) is 0 Å². The zero-order valence-corrected chi connectivity index (χ0v) is 18.8. The zero-order chi connectivity index (χ0) is 22.2. The Kier molecular flexibility index (Phi) is 4.98. The van der Waals surface area contributed by atoms with E-state index in [2.05, 4.69) is 99.0 Å². The van der Waals surface area contributed by atoms with Crippen molar-refractivity contribution >= 4 is 44.8 Å². The van der Waals surface area contributed by atoms with Crippen molar-refractivity contribution in [3.63, 3.8) is 0 Å². The van der Waals surface area contributed by atoms with Crippen LogP contribution in [0.25, 0.3) is 21.8 Å². The monoisotopic (exact) mass is 418 g/mol. The molecular weight excluding hydrogens is 392 g/mol. The highest BCUT2D eigenvalue weighted by molar-refractivity contribution is 5.89. The van der Waals surface area contributed by atoms with E-state index in [1.807, 2.05) is 12.1 Å². The molecule has 0 unspecified atom stereocenters. The molecule has 3 aromatic carbocycles. The standard InChI is InChI=1S/C28H26N4/c1-17-9-7-11-21-19(3)15-25(31-27(17)21)29-23-13-5-6-14-24(23)30-26-16-20(4)22-12-8-10-18(2)28(22)32-26/h5-16H,1-4H3,(H,29,31)(H,30,32). The van der Waals surface area contributed by atoms with Crippen LogP contribution in [0, 0.1) is 27.7 Å². The maximum absolute atomic E-state index is 4.89. The molecule has 0 saturated carbocycles. The number of aromatic nitrogens is 2. The summed E-state index contributed by atoms with van der Waals surface area (Å²) in [6.07, 6.45) is 0. The van der Waals surface area contributed by atoms with E-state index < -0.39 is 0 Å².